The number of carbonyl (C=O) groups excluding carboxylic acids is 1. The molecule has 0 radical (unpaired) electrons. The van der Waals surface area contributed by atoms with Crippen LogP contribution in [0.3, 0.4) is 0 Å². The molecule has 6 N–H and O–H groups in total. The van der Waals surface area contributed by atoms with E-state index in [0.717, 1.165) is 48.9 Å². The first kappa shape index (κ1) is 22.7. The van der Waals surface area contributed by atoms with Crippen molar-refractivity contribution >= 4 is 34.0 Å². The van der Waals surface area contributed by atoms with Crippen molar-refractivity contribution in [2.24, 2.45) is 11.5 Å². The van der Waals surface area contributed by atoms with Crippen LogP contribution in [0, 0.1) is 5.82 Å². The molecule has 0 unspecified atom stereocenters. The summed E-state index contributed by atoms with van der Waals surface area (Å²) in [7, 11) is 0. The number of nitrogens with two attached hydrogens (primary N) is 2. The lowest BCUT2D eigenvalue weighted by Gasteiger charge is -2.30. The number of hydrogen-bond donors (Lipinski definition) is 4. The summed E-state index contributed by atoms with van der Waals surface area (Å²) in [6.45, 7) is 2.57. The molecule has 0 spiro atoms. The lowest BCUT2D eigenvalue weighted by molar-refractivity contribution is 0.100. The number of rotatable bonds is 8. The first-order chi connectivity index (χ1) is 16.0. The van der Waals surface area contributed by atoms with Gasteiger partial charge in [0.15, 0.2) is 11.6 Å². The van der Waals surface area contributed by atoms with Gasteiger partial charge in [-0.3, -0.25) is 4.79 Å². The summed E-state index contributed by atoms with van der Waals surface area (Å²) in [6, 6.07) is 8.52. The van der Waals surface area contributed by atoms with Crippen LogP contribution in [-0.2, 0) is 0 Å². The fourth-order valence-electron chi connectivity index (χ4n) is 4.10. The van der Waals surface area contributed by atoms with Gasteiger partial charge in [0.05, 0.1) is 24.1 Å². The highest BCUT2D eigenvalue weighted by molar-refractivity contribution is 6.02. The van der Waals surface area contributed by atoms with Crippen LogP contribution in [0.15, 0.2) is 36.5 Å². The molecule has 8 nitrogen and oxygen atoms in total. The molecule has 1 amide bonds. The third-order valence-electron chi connectivity index (χ3n) is 5.84. The summed E-state index contributed by atoms with van der Waals surface area (Å²) >= 11 is 0. The van der Waals surface area contributed by atoms with Gasteiger partial charge in [0, 0.05) is 22.9 Å². The number of anilines is 3. The molecule has 1 saturated carbocycles. The van der Waals surface area contributed by atoms with Crippen molar-refractivity contribution in [3.63, 3.8) is 0 Å². The van der Waals surface area contributed by atoms with Crippen LogP contribution in [0.1, 0.15) is 49.4 Å². The van der Waals surface area contributed by atoms with E-state index in [9.17, 15) is 9.18 Å². The van der Waals surface area contributed by atoms with E-state index in [1.54, 1.807) is 6.20 Å². The zero-order valence-electron chi connectivity index (χ0n) is 18.6. The number of pyridine rings is 2. The molecule has 3 aromatic rings. The van der Waals surface area contributed by atoms with Crippen molar-refractivity contribution in [3.05, 3.63) is 47.9 Å². The minimum Gasteiger partial charge on any atom is -0.477 e. The second-order valence-corrected chi connectivity index (χ2v) is 8.27. The van der Waals surface area contributed by atoms with Crippen LogP contribution in [-0.4, -0.2) is 34.6 Å². The van der Waals surface area contributed by atoms with E-state index in [-0.39, 0.29) is 29.3 Å². The molecule has 2 atom stereocenters. The Bertz CT molecular complexity index is 1160. The highest BCUT2D eigenvalue weighted by atomic mass is 19.1. The molecule has 1 aliphatic rings. The Morgan fingerprint density at radius 3 is 2.70 bits per heavy atom. The van der Waals surface area contributed by atoms with Gasteiger partial charge in [-0.2, -0.15) is 0 Å². The van der Waals surface area contributed by atoms with Gasteiger partial charge in [0.2, 0.25) is 5.88 Å². The van der Waals surface area contributed by atoms with E-state index in [0.29, 0.717) is 18.2 Å². The van der Waals surface area contributed by atoms with E-state index in [4.69, 9.17) is 16.2 Å². The van der Waals surface area contributed by atoms with Gasteiger partial charge in [-0.1, -0.05) is 38.0 Å². The summed E-state index contributed by atoms with van der Waals surface area (Å²) in [5, 5.41) is 7.88. The summed E-state index contributed by atoms with van der Waals surface area (Å²) in [4.78, 5) is 20.9. The van der Waals surface area contributed by atoms with Crippen LogP contribution in [0.5, 0.6) is 5.88 Å². The number of amides is 1. The van der Waals surface area contributed by atoms with E-state index in [1.165, 1.54) is 0 Å². The van der Waals surface area contributed by atoms with E-state index in [2.05, 4.69) is 20.6 Å². The predicted octanol–water partition coefficient (Wildman–Crippen LogP) is 4.08. The fourth-order valence-corrected chi connectivity index (χ4v) is 4.10. The molecule has 174 valence electrons. The Kier molecular flexibility index (Phi) is 6.88. The molecule has 1 fully saturated rings. The van der Waals surface area contributed by atoms with Gasteiger partial charge in [-0.05, 0) is 31.4 Å². The minimum absolute atomic E-state index is 0.0324. The normalized spacial score (nSPS) is 18.2. The molecule has 0 saturated heterocycles. The molecule has 0 bridgehead atoms. The standard InChI is InChI=1S/C24H29FN6O2/c1-2-11-33-24-15-8-4-3-7-14(15)20(13-28-24)30-22-16(21(27)32)12-17(25)23(31-22)29-19-10-6-5-9-18(19)26/h3-4,7-8,12-13,18-19H,2,5-6,9-11,26H2,1H3,(H2,27,32)(H2,29,30,31)/t18-,19+/m0/s1. The summed E-state index contributed by atoms with van der Waals surface area (Å²) in [5.74, 6) is -0.743. The second kappa shape index (κ2) is 9.99. The number of nitrogens with zero attached hydrogens (tertiary/aromatic N) is 2. The highest BCUT2D eigenvalue weighted by Gasteiger charge is 2.24. The molecule has 1 aliphatic carbocycles. The SMILES string of the molecule is CCCOc1ncc(Nc2nc(N[C@@H]3CCCC[C@@H]3N)c(F)cc2C(N)=O)c2ccccc12. The zero-order chi connectivity index (χ0) is 23.4. The van der Waals surface area contributed by atoms with Crippen LogP contribution in [0.4, 0.5) is 21.7 Å². The quantitative estimate of drug-likeness (QED) is 0.405. The zero-order valence-corrected chi connectivity index (χ0v) is 18.6. The second-order valence-electron chi connectivity index (χ2n) is 8.27. The van der Waals surface area contributed by atoms with Crippen molar-refractivity contribution in [3.8, 4) is 5.88 Å². The van der Waals surface area contributed by atoms with Crippen LogP contribution in [0.25, 0.3) is 10.8 Å². The number of aromatic nitrogens is 2. The monoisotopic (exact) mass is 452 g/mol. The number of ether oxygens (including phenoxy) is 1. The number of nitrogens with one attached hydrogen (secondary N) is 2. The van der Waals surface area contributed by atoms with Gasteiger partial charge in [0.25, 0.3) is 5.91 Å². The number of carbonyl (C=O) groups is 1. The van der Waals surface area contributed by atoms with Crippen molar-refractivity contribution in [1.29, 1.82) is 0 Å². The smallest absolute Gasteiger partial charge is 0.252 e. The van der Waals surface area contributed by atoms with Crippen LogP contribution in [0.2, 0.25) is 0 Å². The van der Waals surface area contributed by atoms with Gasteiger partial charge >= 0.3 is 0 Å². The summed E-state index contributed by atoms with van der Waals surface area (Å²) < 4.78 is 20.6. The maximum absolute atomic E-state index is 14.8. The molecular formula is C24H29FN6O2. The molecule has 1 aromatic carbocycles. The molecule has 33 heavy (non-hydrogen) atoms. The number of halogens is 1. The fraction of sp³-hybridized carbons (Fsp3) is 0.375. The van der Waals surface area contributed by atoms with Crippen molar-refractivity contribution in [1.82, 2.24) is 9.97 Å². The molecular weight excluding hydrogens is 423 g/mol. The lowest BCUT2D eigenvalue weighted by Crippen LogP contribution is -2.43. The Hall–Kier alpha value is -3.46. The van der Waals surface area contributed by atoms with Crippen LogP contribution < -0.4 is 26.8 Å². The Balaban J connectivity index is 1.71. The average molecular weight is 453 g/mol. The maximum Gasteiger partial charge on any atom is 0.252 e. The van der Waals surface area contributed by atoms with Crippen molar-refractivity contribution in [2.75, 3.05) is 17.2 Å². The average Bonchev–Trinajstić information content (AvgIpc) is 2.81. The van der Waals surface area contributed by atoms with Gasteiger partial charge in [-0.25, -0.2) is 14.4 Å². The van der Waals surface area contributed by atoms with Gasteiger partial charge in [-0.15, -0.1) is 0 Å². The first-order valence-corrected chi connectivity index (χ1v) is 11.3. The number of benzene rings is 1. The van der Waals surface area contributed by atoms with Crippen molar-refractivity contribution < 1.29 is 13.9 Å². The molecule has 0 aliphatic heterocycles. The Labute approximate surface area is 191 Å². The number of fused-ring (bicyclic) bond motifs is 1. The third kappa shape index (κ3) is 4.98. The highest BCUT2D eigenvalue weighted by Crippen LogP contribution is 2.33. The number of primary amides is 1. The topological polar surface area (TPSA) is 128 Å². The van der Waals surface area contributed by atoms with E-state index < -0.39 is 11.7 Å². The van der Waals surface area contributed by atoms with Gasteiger partial charge in [0.1, 0.15) is 5.82 Å². The Morgan fingerprint density at radius 2 is 1.97 bits per heavy atom. The Morgan fingerprint density at radius 1 is 1.21 bits per heavy atom. The first-order valence-electron chi connectivity index (χ1n) is 11.3. The van der Waals surface area contributed by atoms with Crippen LogP contribution >= 0.6 is 0 Å². The molecule has 9 heteroatoms. The van der Waals surface area contributed by atoms with Gasteiger partial charge < -0.3 is 26.8 Å². The summed E-state index contributed by atoms with van der Waals surface area (Å²) in [5.41, 5.74) is 12.3. The predicted molar refractivity (Wildman–Crippen MR) is 127 cm³/mol. The molecule has 2 heterocycles. The third-order valence-corrected chi connectivity index (χ3v) is 5.84. The number of hydrogen-bond acceptors (Lipinski definition) is 7. The van der Waals surface area contributed by atoms with E-state index >= 15 is 0 Å². The van der Waals surface area contributed by atoms with Crippen molar-refractivity contribution in [2.45, 2.75) is 51.1 Å². The minimum atomic E-state index is -0.787. The molecule has 4 rings (SSSR count). The lowest BCUT2D eigenvalue weighted by atomic mass is 9.91. The van der Waals surface area contributed by atoms with E-state index in [1.807, 2.05) is 31.2 Å². The molecule has 2 aromatic heterocycles. The summed E-state index contributed by atoms with van der Waals surface area (Å²) in [6.07, 6.45) is 6.23. The largest absolute Gasteiger partial charge is 0.477 e. The maximum atomic E-state index is 14.8.